The smallest absolute Gasteiger partial charge is 0.162 e. The van der Waals surface area contributed by atoms with Gasteiger partial charge in [-0.25, -0.2) is 0 Å². The molecule has 0 unspecified atom stereocenters. The third kappa shape index (κ3) is 2.48. The number of hydrogen-bond donors (Lipinski definition) is 0. The van der Waals surface area contributed by atoms with E-state index in [1.807, 2.05) is 0 Å². The number of hydrogen-bond acceptors (Lipinski definition) is 6. The minimum Gasteiger partial charge on any atom is -0.302 e. The topological polar surface area (TPSA) is 34.1 Å². The Balaban J connectivity index is 2.88. The molecule has 0 spiro atoms. The van der Waals surface area contributed by atoms with Crippen molar-refractivity contribution in [3.8, 4) is 0 Å². The number of carbonyl (C=O) groups excluding carboxylic acids is 2. The molecule has 0 radical (unpaired) electrons. The van der Waals surface area contributed by atoms with Gasteiger partial charge in [-0.1, -0.05) is 12.2 Å². The molecule has 12 heavy (non-hydrogen) atoms. The predicted molar refractivity (Wildman–Crippen MR) is 55.2 cm³/mol. The summed E-state index contributed by atoms with van der Waals surface area (Å²) in [5, 5.41) is 0. The molecular formula is C6H4O2S4. The molecule has 6 heteroatoms. The van der Waals surface area contributed by atoms with Crippen LogP contribution in [0.2, 0.25) is 0 Å². The Morgan fingerprint density at radius 1 is 1.42 bits per heavy atom. The van der Waals surface area contributed by atoms with Crippen LogP contribution in [-0.2, 0) is 4.79 Å². The summed E-state index contributed by atoms with van der Waals surface area (Å²) in [5.41, 5.74) is 0. The fourth-order valence-electron chi connectivity index (χ4n) is 0.561. The second-order valence-corrected chi connectivity index (χ2v) is 6.25. The number of aldehydes is 2. The summed E-state index contributed by atoms with van der Waals surface area (Å²) in [5.74, 6) is 0.378. The summed E-state index contributed by atoms with van der Waals surface area (Å²) in [6.45, 7) is 0. The van der Waals surface area contributed by atoms with Gasteiger partial charge in [-0.2, -0.15) is 0 Å². The fraction of sp³-hybridized carbons (Fsp3) is 0.167. The third-order valence-corrected chi connectivity index (χ3v) is 4.87. The van der Waals surface area contributed by atoms with E-state index in [4.69, 9.17) is 12.2 Å². The van der Waals surface area contributed by atoms with Gasteiger partial charge in [-0.15, -0.1) is 34.4 Å². The standard InChI is InChI=1S/C6H4O2S4/c7-1-2-10-5-4(3-8)11-6(9)12-5/h1,3H,2H2. The lowest BCUT2D eigenvalue weighted by Crippen LogP contribution is -1.79. The Morgan fingerprint density at radius 3 is 2.75 bits per heavy atom. The molecular weight excluding hydrogens is 232 g/mol. The molecule has 0 aliphatic heterocycles. The van der Waals surface area contributed by atoms with Crippen LogP contribution in [0.15, 0.2) is 4.21 Å². The van der Waals surface area contributed by atoms with Gasteiger partial charge in [-0.3, -0.25) is 4.79 Å². The van der Waals surface area contributed by atoms with Crippen molar-refractivity contribution in [3.63, 3.8) is 0 Å². The highest BCUT2D eigenvalue weighted by Crippen LogP contribution is 2.32. The lowest BCUT2D eigenvalue weighted by atomic mass is 10.7. The first-order valence-corrected chi connectivity index (χ1v) is 5.96. The van der Waals surface area contributed by atoms with Crippen LogP contribution in [0.1, 0.15) is 9.67 Å². The monoisotopic (exact) mass is 236 g/mol. The van der Waals surface area contributed by atoms with Crippen molar-refractivity contribution in [2.24, 2.45) is 0 Å². The molecule has 0 saturated heterocycles. The Hall–Kier alpha value is -0.0400. The highest BCUT2D eigenvalue weighted by Gasteiger charge is 2.05. The summed E-state index contributed by atoms with van der Waals surface area (Å²) in [6, 6.07) is 0. The third-order valence-electron chi connectivity index (χ3n) is 0.960. The van der Waals surface area contributed by atoms with E-state index >= 15 is 0 Å². The fourth-order valence-corrected chi connectivity index (χ4v) is 4.35. The molecule has 0 aliphatic carbocycles. The highest BCUT2D eigenvalue weighted by molar-refractivity contribution is 8.02. The van der Waals surface area contributed by atoms with Crippen LogP contribution in [0.4, 0.5) is 0 Å². The maximum atomic E-state index is 10.5. The van der Waals surface area contributed by atoms with Gasteiger partial charge in [0.15, 0.2) is 6.29 Å². The molecule has 0 amide bonds. The van der Waals surface area contributed by atoms with E-state index in [9.17, 15) is 9.59 Å². The summed E-state index contributed by atoms with van der Waals surface area (Å²) in [6.07, 6.45) is 1.59. The molecule has 64 valence electrons. The molecule has 0 aromatic carbocycles. The van der Waals surface area contributed by atoms with Gasteiger partial charge in [0.2, 0.25) is 0 Å². The van der Waals surface area contributed by atoms with E-state index in [-0.39, 0.29) is 0 Å². The molecule has 1 rings (SSSR count). The molecule has 0 aliphatic rings. The lowest BCUT2D eigenvalue weighted by Gasteiger charge is -1.89. The van der Waals surface area contributed by atoms with E-state index in [2.05, 4.69) is 0 Å². The first-order chi connectivity index (χ1) is 5.77. The summed E-state index contributed by atoms with van der Waals surface area (Å²) >= 11 is 8.95. The summed E-state index contributed by atoms with van der Waals surface area (Å²) < 4.78 is 1.58. The summed E-state index contributed by atoms with van der Waals surface area (Å²) in [4.78, 5) is 21.2. The largest absolute Gasteiger partial charge is 0.302 e. The molecule has 1 aromatic rings. The van der Waals surface area contributed by atoms with Crippen molar-refractivity contribution in [2.75, 3.05) is 5.75 Å². The molecule has 0 bridgehead atoms. The van der Waals surface area contributed by atoms with Gasteiger partial charge >= 0.3 is 0 Å². The Morgan fingerprint density at radius 2 is 2.17 bits per heavy atom. The van der Waals surface area contributed by atoms with Gasteiger partial charge in [0.1, 0.15) is 9.42 Å². The SMILES string of the molecule is O=CCSc1sc(=S)sc1C=O. The molecule has 1 heterocycles. The van der Waals surface area contributed by atoms with E-state index in [0.29, 0.717) is 10.6 Å². The second kappa shape index (κ2) is 4.86. The molecule has 0 fully saturated rings. The van der Waals surface area contributed by atoms with Crippen molar-refractivity contribution in [3.05, 3.63) is 8.01 Å². The second-order valence-electron chi connectivity index (χ2n) is 1.70. The minimum atomic E-state index is 0.378. The lowest BCUT2D eigenvalue weighted by molar-refractivity contribution is -0.105. The van der Waals surface area contributed by atoms with Crippen molar-refractivity contribution in [1.82, 2.24) is 0 Å². The van der Waals surface area contributed by atoms with Crippen LogP contribution in [0.25, 0.3) is 0 Å². The van der Waals surface area contributed by atoms with Gasteiger partial charge in [0.05, 0.1) is 14.8 Å². The summed E-state index contributed by atoms with van der Waals surface area (Å²) in [7, 11) is 0. The van der Waals surface area contributed by atoms with E-state index in [1.165, 1.54) is 34.4 Å². The van der Waals surface area contributed by atoms with Gasteiger partial charge in [0, 0.05) is 0 Å². The van der Waals surface area contributed by atoms with Crippen molar-refractivity contribution < 1.29 is 9.59 Å². The molecule has 1 aromatic heterocycles. The molecule has 2 nitrogen and oxygen atoms in total. The number of carbonyl (C=O) groups is 2. The quantitative estimate of drug-likeness (QED) is 0.457. The van der Waals surface area contributed by atoms with Gasteiger partial charge < -0.3 is 4.79 Å². The zero-order valence-corrected chi connectivity index (χ0v) is 9.08. The van der Waals surface area contributed by atoms with Gasteiger partial charge in [-0.05, 0) is 0 Å². The molecule has 0 N–H and O–H groups in total. The average Bonchev–Trinajstić information content (AvgIpc) is 2.42. The van der Waals surface area contributed by atoms with Crippen LogP contribution in [0.5, 0.6) is 0 Å². The van der Waals surface area contributed by atoms with Crippen molar-refractivity contribution in [1.29, 1.82) is 0 Å². The van der Waals surface area contributed by atoms with Crippen molar-refractivity contribution >= 4 is 59.2 Å². The minimum absolute atomic E-state index is 0.378. The maximum absolute atomic E-state index is 10.5. The van der Waals surface area contributed by atoms with Crippen LogP contribution >= 0.6 is 46.7 Å². The Kier molecular flexibility index (Phi) is 4.07. The first-order valence-electron chi connectivity index (χ1n) is 2.93. The van der Waals surface area contributed by atoms with E-state index in [1.54, 1.807) is 0 Å². The number of thioether (sulfide) groups is 1. The van der Waals surface area contributed by atoms with E-state index < -0.39 is 0 Å². The van der Waals surface area contributed by atoms with Crippen LogP contribution in [0.3, 0.4) is 0 Å². The maximum Gasteiger partial charge on any atom is 0.162 e. The van der Waals surface area contributed by atoms with Gasteiger partial charge in [0.25, 0.3) is 0 Å². The normalized spacial score (nSPS) is 9.67. The van der Waals surface area contributed by atoms with Crippen LogP contribution in [0, 0.1) is 3.14 Å². The van der Waals surface area contributed by atoms with E-state index in [0.717, 1.165) is 19.9 Å². The Labute approximate surface area is 86.6 Å². The Bertz CT molecular complexity index is 338. The average molecular weight is 236 g/mol. The molecule has 0 atom stereocenters. The zero-order valence-electron chi connectivity index (χ0n) is 5.81. The predicted octanol–water partition coefficient (Wildman–Crippen LogP) is 2.64. The zero-order chi connectivity index (χ0) is 8.97. The highest BCUT2D eigenvalue weighted by atomic mass is 32.2. The number of rotatable bonds is 4. The first kappa shape index (κ1) is 10.0. The van der Waals surface area contributed by atoms with Crippen molar-refractivity contribution in [2.45, 2.75) is 4.21 Å². The van der Waals surface area contributed by atoms with Crippen LogP contribution < -0.4 is 0 Å². The van der Waals surface area contributed by atoms with Crippen LogP contribution in [-0.4, -0.2) is 18.3 Å². The molecule has 0 saturated carbocycles.